The molecule has 0 bridgehead atoms. The van der Waals surface area contributed by atoms with Crippen LogP contribution in [0, 0.1) is 0 Å². The first-order valence-corrected chi connectivity index (χ1v) is 10.1. The van der Waals surface area contributed by atoms with Gasteiger partial charge >= 0.3 is 0 Å². The van der Waals surface area contributed by atoms with E-state index >= 15 is 0 Å². The Bertz CT molecular complexity index is 694. The molecule has 1 aliphatic heterocycles. The lowest BCUT2D eigenvalue weighted by Gasteiger charge is -2.41. The highest BCUT2D eigenvalue weighted by Gasteiger charge is 2.39. The molecule has 1 aliphatic rings. The van der Waals surface area contributed by atoms with Gasteiger partial charge in [0.25, 0.3) is 0 Å². The molecular formula is C16H23N3OS2. The van der Waals surface area contributed by atoms with Crippen molar-refractivity contribution in [2.24, 2.45) is 0 Å². The Hall–Kier alpha value is -1.01. The first-order chi connectivity index (χ1) is 10.6. The first kappa shape index (κ1) is 15.9. The van der Waals surface area contributed by atoms with Crippen molar-refractivity contribution in [2.75, 3.05) is 23.7 Å². The molecule has 1 fully saturated rings. The third-order valence-electron chi connectivity index (χ3n) is 4.80. The molecule has 1 atom stereocenters. The Balaban J connectivity index is 2.00. The Morgan fingerprint density at radius 1 is 1.32 bits per heavy atom. The molecule has 6 heteroatoms. The van der Waals surface area contributed by atoms with Gasteiger partial charge in [-0.2, -0.15) is 0 Å². The molecule has 120 valence electrons. The summed E-state index contributed by atoms with van der Waals surface area (Å²) in [7, 11) is -0.744. The van der Waals surface area contributed by atoms with E-state index in [1.807, 2.05) is 0 Å². The van der Waals surface area contributed by atoms with E-state index in [0.29, 0.717) is 0 Å². The van der Waals surface area contributed by atoms with Crippen LogP contribution in [0.2, 0.25) is 0 Å². The summed E-state index contributed by atoms with van der Waals surface area (Å²) in [4.78, 5) is 13.7. The molecule has 0 aromatic carbocycles. The molecular weight excluding hydrogens is 314 g/mol. The van der Waals surface area contributed by atoms with Crippen LogP contribution in [0.3, 0.4) is 0 Å². The van der Waals surface area contributed by atoms with Gasteiger partial charge in [-0.05, 0) is 25.3 Å². The maximum atomic E-state index is 12.5. The maximum Gasteiger partial charge on any atom is 0.140 e. The van der Waals surface area contributed by atoms with E-state index in [4.69, 9.17) is 0 Å². The highest BCUT2D eigenvalue weighted by atomic mass is 32.2. The zero-order chi connectivity index (χ0) is 15.7. The molecule has 0 spiro atoms. The molecule has 0 amide bonds. The predicted molar refractivity (Wildman–Crippen MR) is 95.3 cm³/mol. The average Bonchev–Trinajstić information content (AvgIpc) is 2.99. The van der Waals surface area contributed by atoms with E-state index in [0.717, 1.165) is 54.1 Å². The SMILES string of the molecule is CCc1cc2c(N3CCS(=O)C(CC)(CC)C3)ncnc2s1. The molecule has 1 unspecified atom stereocenters. The summed E-state index contributed by atoms with van der Waals surface area (Å²) in [6.07, 6.45) is 4.59. The predicted octanol–water partition coefficient (Wildman–Crippen LogP) is 3.38. The summed E-state index contributed by atoms with van der Waals surface area (Å²) in [6.45, 7) is 8.12. The number of aryl methyl sites for hydroxylation is 1. The fourth-order valence-electron chi connectivity index (χ4n) is 3.20. The number of hydrogen-bond donors (Lipinski definition) is 0. The third kappa shape index (κ3) is 2.56. The summed E-state index contributed by atoms with van der Waals surface area (Å²) >= 11 is 1.75. The Morgan fingerprint density at radius 2 is 2.09 bits per heavy atom. The van der Waals surface area contributed by atoms with Crippen molar-refractivity contribution >= 4 is 38.2 Å². The van der Waals surface area contributed by atoms with E-state index in [1.54, 1.807) is 17.7 Å². The average molecular weight is 338 g/mol. The van der Waals surface area contributed by atoms with Crippen molar-refractivity contribution in [3.05, 3.63) is 17.3 Å². The Morgan fingerprint density at radius 3 is 2.77 bits per heavy atom. The fraction of sp³-hybridized carbons (Fsp3) is 0.625. The molecule has 3 rings (SSSR count). The number of aromatic nitrogens is 2. The molecule has 22 heavy (non-hydrogen) atoms. The van der Waals surface area contributed by atoms with Gasteiger partial charge in [-0.25, -0.2) is 9.97 Å². The number of rotatable bonds is 4. The van der Waals surface area contributed by atoms with Crippen molar-refractivity contribution in [3.8, 4) is 0 Å². The van der Waals surface area contributed by atoms with Crippen molar-refractivity contribution in [2.45, 2.75) is 44.8 Å². The van der Waals surface area contributed by atoms with E-state index in [1.165, 1.54) is 4.88 Å². The summed E-state index contributed by atoms with van der Waals surface area (Å²) in [5, 5.41) is 1.15. The minimum atomic E-state index is -0.744. The maximum absolute atomic E-state index is 12.5. The van der Waals surface area contributed by atoms with Gasteiger partial charge in [0.1, 0.15) is 17.0 Å². The minimum absolute atomic E-state index is 0.0981. The molecule has 2 aromatic heterocycles. The molecule has 2 aromatic rings. The van der Waals surface area contributed by atoms with Crippen LogP contribution in [-0.4, -0.2) is 37.8 Å². The summed E-state index contributed by atoms with van der Waals surface area (Å²) in [5.74, 6) is 1.75. The van der Waals surface area contributed by atoms with Crippen LogP contribution in [0.15, 0.2) is 12.4 Å². The summed E-state index contributed by atoms with van der Waals surface area (Å²) in [6, 6.07) is 2.22. The number of fused-ring (bicyclic) bond motifs is 1. The second-order valence-electron chi connectivity index (χ2n) is 5.84. The van der Waals surface area contributed by atoms with Crippen LogP contribution >= 0.6 is 11.3 Å². The molecule has 0 saturated carbocycles. The van der Waals surface area contributed by atoms with Crippen LogP contribution < -0.4 is 4.90 Å². The van der Waals surface area contributed by atoms with Crippen molar-refractivity contribution in [3.63, 3.8) is 0 Å². The summed E-state index contributed by atoms with van der Waals surface area (Å²) in [5.41, 5.74) is 0. The molecule has 0 aliphatic carbocycles. The molecule has 4 nitrogen and oxygen atoms in total. The standard InChI is InChI=1S/C16H23N3OS2/c1-4-12-9-13-14(17-11-18-15(13)21-12)19-7-8-22(20)16(5-2,6-3)10-19/h9,11H,4-8,10H2,1-3H3. The van der Waals surface area contributed by atoms with E-state index in [2.05, 4.69) is 41.7 Å². The highest BCUT2D eigenvalue weighted by Crippen LogP contribution is 2.35. The smallest absolute Gasteiger partial charge is 0.140 e. The Kier molecular flexibility index (Phi) is 4.50. The number of thiophene rings is 1. The molecule has 0 N–H and O–H groups in total. The summed E-state index contributed by atoms with van der Waals surface area (Å²) < 4.78 is 12.4. The van der Waals surface area contributed by atoms with Gasteiger partial charge in [-0.1, -0.05) is 20.8 Å². The first-order valence-electron chi connectivity index (χ1n) is 8.00. The molecule has 0 radical (unpaired) electrons. The third-order valence-corrected chi connectivity index (χ3v) is 8.22. The van der Waals surface area contributed by atoms with Gasteiger partial charge in [-0.15, -0.1) is 11.3 Å². The molecule has 3 heterocycles. The van der Waals surface area contributed by atoms with Gasteiger partial charge in [0.15, 0.2) is 0 Å². The van der Waals surface area contributed by atoms with Crippen LogP contribution in [0.25, 0.3) is 10.2 Å². The normalized spacial score (nSPS) is 21.4. The van der Waals surface area contributed by atoms with Crippen molar-refractivity contribution in [1.82, 2.24) is 9.97 Å². The van der Waals surface area contributed by atoms with Crippen molar-refractivity contribution < 1.29 is 4.21 Å². The zero-order valence-corrected chi connectivity index (χ0v) is 15.1. The second-order valence-corrected chi connectivity index (χ2v) is 8.92. The van der Waals surface area contributed by atoms with Gasteiger partial charge in [0, 0.05) is 34.5 Å². The monoisotopic (exact) mass is 337 g/mol. The van der Waals surface area contributed by atoms with Gasteiger partial charge in [0.05, 0.1) is 10.1 Å². The lowest BCUT2D eigenvalue weighted by molar-refractivity contribution is 0.495. The van der Waals surface area contributed by atoms with E-state index < -0.39 is 10.8 Å². The lowest BCUT2D eigenvalue weighted by Crippen LogP contribution is -2.53. The second kappa shape index (κ2) is 6.24. The van der Waals surface area contributed by atoms with Crippen molar-refractivity contribution in [1.29, 1.82) is 0 Å². The fourth-order valence-corrected chi connectivity index (χ4v) is 5.90. The highest BCUT2D eigenvalue weighted by molar-refractivity contribution is 7.86. The van der Waals surface area contributed by atoms with Crippen LogP contribution in [0.5, 0.6) is 0 Å². The Labute approximate surface area is 138 Å². The number of nitrogens with zero attached hydrogens (tertiary/aromatic N) is 3. The minimum Gasteiger partial charge on any atom is -0.354 e. The van der Waals surface area contributed by atoms with Crippen LogP contribution in [-0.2, 0) is 17.2 Å². The van der Waals surface area contributed by atoms with Gasteiger partial charge in [0.2, 0.25) is 0 Å². The van der Waals surface area contributed by atoms with Crippen LogP contribution in [0.1, 0.15) is 38.5 Å². The van der Waals surface area contributed by atoms with Gasteiger partial charge < -0.3 is 4.90 Å². The van der Waals surface area contributed by atoms with Gasteiger partial charge in [-0.3, -0.25) is 4.21 Å². The largest absolute Gasteiger partial charge is 0.354 e. The van der Waals surface area contributed by atoms with Crippen LogP contribution in [0.4, 0.5) is 5.82 Å². The lowest BCUT2D eigenvalue weighted by atomic mass is 10.0. The number of anilines is 1. The van der Waals surface area contributed by atoms with E-state index in [-0.39, 0.29) is 4.75 Å². The topological polar surface area (TPSA) is 46.1 Å². The number of hydrogen-bond acceptors (Lipinski definition) is 5. The molecule has 1 saturated heterocycles. The zero-order valence-electron chi connectivity index (χ0n) is 13.5. The quantitative estimate of drug-likeness (QED) is 0.858. The van der Waals surface area contributed by atoms with E-state index in [9.17, 15) is 4.21 Å².